The number of carbonyl (C=O) groups excluding carboxylic acids is 1. The number of nitrogens with zero attached hydrogens (tertiary/aromatic N) is 2. The number of phenols is 1. The molecule has 1 aromatic heterocycles. The Bertz CT molecular complexity index is 1210. The highest BCUT2D eigenvalue weighted by molar-refractivity contribution is 5.97. The second-order valence-corrected chi connectivity index (χ2v) is 11.5. The van der Waals surface area contributed by atoms with Gasteiger partial charge in [0.25, 0.3) is 0 Å². The molecular formula is C29H41N3O2. The molecule has 5 nitrogen and oxygen atoms in total. The highest BCUT2D eigenvalue weighted by Crippen LogP contribution is 2.40. The average molecular weight is 464 g/mol. The molecule has 0 saturated carbocycles. The highest BCUT2D eigenvalue weighted by atomic mass is 16.3. The number of phenolic OH excluding ortho intramolecular Hbond substituents is 1. The molecule has 0 aliphatic carbocycles. The summed E-state index contributed by atoms with van der Waals surface area (Å²) < 4.78 is 3.86. The van der Waals surface area contributed by atoms with E-state index in [-0.39, 0.29) is 28.9 Å². The van der Waals surface area contributed by atoms with E-state index < -0.39 is 0 Å². The smallest absolute Gasteiger partial charge is 0.203 e. The zero-order valence-electron chi connectivity index (χ0n) is 22.1. The lowest BCUT2D eigenvalue weighted by atomic mass is 9.78. The summed E-state index contributed by atoms with van der Waals surface area (Å²) in [6, 6.07) is 11.6. The van der Waals surface area contributed by atoms with Crippen molar-refractivity contribution in [2.24, 2.45) is 5.92 Å². The Hall–Kier alpha value is -2.82. The number of hydrogen-bond donors (Lipinski definition) is 2. The molecule has 0 amide bonds. The molecule has 0 radical (unpaired) electrons. The molecule has 34 heavy (non-hydrogen) atoms. The molecule has 184 valence electrons. The SMILES string of the molecule is CCC(CC)Cn1c(=N)n(CC(=O)c2cc(C(C)(C)C)c(O)c(C(C)(C)C)c2)c2ccccc21. The van der Waals surface area contributed by atoms with Crippen molar-refractivity contribution in [2.75, 3.05) is 0 Å². The van der Waals surface area contributed by atoms with Crippen LogP contribution in [0, 0.1) is 11.3 Å². The summed E-state index contributed by atoms with van der Waals surface area (Å²) in [4.78, 5) is 13.6. The van der Waals surface area contributed by atoms with Crippen LogP contribution in [0.1, 0.15) is 89.7 Å². The van der Waals surface area contributed by atoms with Gasteiger partial charge in [0.15, 0.2) is 5.78 Å². The van der Waals surface area contributed by atoms with E-state index in [9.17, 15) is 9.90 Å². The van der Waals surface area contributed by atoms with E-state index >= 15 is 0 Å². The van der Waals surface area contributed by atoms with Gasteiger partial charge in [0.05, 0.1) is 17.6 Å². The minimum atomic E-state index is -0.306. The van der Waals surface area contributed by atoms with E-state index in [0.717, 1.165) is 41.5 Å². The number of aromatic hydroxyl groups is 1. The zero-order chi connectivity index (χ0) is 25.4. The number of Topliss-reactive ketones (excluding diaryl/α,β-unsaturated/α-hetero) is 1. The molecule has 0 atom stereocenters. The maximum atomic E-state index is 13.6. The van der Waals surface area contributed by atoms with Crippen molar-refractivity contribution in [1.82, 2.24) is 9.13 Å². The number of fused-ring (bicyclic) bond motifs is 1. The van der Waals surface area contributed by atoms with Gasteiger partial charge in [-0.15, -0.1) is 0 Å². The van der Waals surface area contributed by atoms with Gasteiger partial charge in [-0.25, -0.2) is 0 Å². The number of aromatic nitrogens is 2. The normalized spacial score (nSPS) is 12.6. The molecule has 2 N–H and O–H groups in total. The first kappa shape index (κ1) is 25.8. The number of imidazole rings is 1. The number of ketones is 1. The van der Waals surface area contributed by atoms with Crippen LogP contribution in [0.25, 0.3) is 11.0 Å². The number of nitrogens with one attached hydrogen (secondary N) is 1. The van der Waals surface area contributed by atoms with Crippen molar-refractivity contribution in [2.45, 2.75) is 92.2 Å². The lowest BCUT2D eigenvalue weighted by Gasteiger charge is -2.28. The molecule has 1 heterocycles. The Morgan fingerprint density at radius 1 is 0.912 bits per heavy atom. The fourth-order valence-corrected chi connectivity index (χ4v) is 4.62. The number of carbonyl (C=O) groups is 1. The number of rotatable bonds is 7. The van der Waals surface area contributed by atoms with Crippen LogP contribution in [-0.4, -0.2) is 20.0 Å². The Morgan fingerprint density at radius 2 is 1.38 bits per heavy atom. The van der Waals surface area contributed by atoms with Crippen molar-refractivity contribution in [1.29, 1.82) is 5.41 Å². The quantitative estimate of drug-likeness (QED) is 0.390. The van der Waals surface area contributed by atoms with Gasteiger partial charge in [0.2, 0.25) is 5.62 Å². The van der Waals surface area contributed by atoms with E-state index in [1.54, 1.807) is 0 Å². The minimum absolute atomic E-state index is 0.0556. The van der Waals surface area contributed by atoms with Crippen LogP contribution < -0.4 is 5.62 Å². The van der Waals surface area contributed by atoms with Crippen LogP contribution in [-0.2, 0) is 23.9 Å². The largest absolute Gasteiger partial charge is 0.507 e. The summed E-state index contributed by atoms with van der Waals surface area (Å²) in [6.45, 7) is 17.5. The maximum Gasteiger partial charge on any atom is 0.203 e. The Morgan fingerprint density at radius 3 is 1.82 bits per heavy atom. The topological polar surface area (TPSA) is 71.0 Å². The van der Waals surface area contributed by atoms with Crippen LogP contribution in [0.4, 0.5) is 0 Å². The van der Waals surface area contributed by atoms with Crippen molar-refractivity contribution in [3.05, 3.63) is 58.7 Å². The van der Waals surface area contributed by atoms with Crippen LogP contribution in [0.15, 0.2) is 36.4 Å². The maximum absolute atomic E-state index is 13.6. The lowest BCUT2D eigenvalue weighted by molar-refractivity contribution is 0.0971. The predicted octanol–water partition coefficient (Wildman–Crippen LogP) is 6.54. The first-order valence-corrected chi connectivity index (χ1v) is 12.4. The first-order chi connectivity index (χ1) is 15.8. The predicted molar refractivity (Wildman–Crippen MR) is 140 cm³/mol. The van der Waals surface area contributed by atoms with Crippen LogP contribution in [0.2, 0.25) is 0 Å². The Labute approximate surface area is 203 Å². The number of benzene rings is 2. The van der Waals surface area contributed by atoms with E-state index in [0.29, 0.717) is 17.1 Å². The van der Waals surface area contributed by atoms with Gasteiger partial charge in [-0.2, -0.15) is 0 Å². The summed E-state index contributed by atoms with van der Waals surface area (Å²) in [5.74, 6) is 0.705. The molecule has 0 aliphatic heterocycles. The van der Waals surface area contributed by atoms with Crippen LogP contribution >= 0.6 is 0 Å². The third-order valence-electron chi connectivity index (χ3n) is 6.92. The van der Waals surface area contributed by atoms with Crippen molar-refractivity contribution in [3.8, 4) is 5.75 Å². The third kappa shape index (κ3) is 4.98. The molecule has 0 bridgehead atoms. The fourth-order valence-electron chi connectivity index (χ4n) is 4.62. The molecule has 5 heteroatoms. The van der Waals surface area contributed by atoms with Gasteiger partial charge in [-0.05, 0) is 41.0 Å². The van der Waals surface area contributed by atoms with E-state index in [2.05, 4.69) is 13.8 Å². The van der Waals surface area contributed by atoms with Gasteiger partial charge in [0, 0.05) is 23.2 Å². The highest BCUT2D eigenvalue weighted by Gasteiger charge is 2.28. The average Bonchev–Trinajstić information content (AvgIpc) is 3.01. The van der Waals surface area contributed by atoms with E-state index in [1.165, 1.54) is 0 Å². The molecule has 3 rings (SSSR count). The molecule has 2 aromatic carbocycles. The van der Waals surface area contributed by atoms with Gasteiger partial charge >= 0.3 is 0 Å². The summed E-state index contributed by atoms with van der Waals surface area (Å²) in [7, 11) is 0. The number of para-hydroxylation sites is 2. The van der Waals surface area contributed by atoms with Gasteiger partial charge in [0.1, 0.15) is 5.75 Å². The standard InChI is InChI=1S/C29H41N3O2/c1-9-19(10-2)17-31-23-13-11-12-14-24(23)32(27(31)30)18-25(33)20-15-21(28(3,4)5)26(34)22(16-20)29(6,7)8/h11-16,19,30,34H,9-10,17-18H2,1-8H3. The van der Waals surface area contributed by atoms with Crippen LogP contribution in [0.3, 0.4) is 0 Å². The molecule has 0 spiro atoms. The van der Waals surface area contributed by atoms with E-state index in [4.69, 9.17) is 5.41 Å². The summed E-state index contributed by atoms with van der Waals surface area (Å²) in [5, 5.41) is 20.0. The first-order valence-electron chi connectivity index (χ1n) is 12.4. The molecule has 0 fully saturated rings. The summed E-state index contributed by atoms with van der Waals surface area (Å²) in [6.07, 6.45) is 2.11. The van der Waals surface area contributed by atoms with Crippen molar-refractivity contribution in [3.63, 3.8) is 0 Å². The molecular weight excluding hydrogens is 422 g/mol. The molecule has 0 unspecified atom stereocenters. The molecule has 0 aliphatic rings. The summed E-state index contributed by atoms with van der Waals surface area (Å²) >= 11 is 0. The van der Waals surface area contributed by atoms with Crippen molar-refractivity contribution < 1.29 is 9.90 Å². The van der Waals surface area contributed by atoms with E-state index in [1.807, 2.05) is 87.1 Å². The molecule has 0 saturated heterocycles. The monoisotopic (exact) mass is 463 g/mol. The van der Waals surface area contributed by atoms with Gasteiger partial charge in [-0.1, -0.05) is 80.4 Å². The zero-order valence-corrected chi connectivity index (χ0v) is 22.1. The molecule has 3 aromatic rings. The third-order valence-corrected chi connectivity index (χ3v) is 6.92. The van der Waals surface area contributed by atoms with Crippen molar-refractivity contribution >= 4 is 16.8 Å². The fraction of sp³-hybridized carbons (Fsp3) is 0.517. The number of hydrogen-bond acceptors (Lipinski definition) is 3. The second kappa shape index (κ2) is 9.44. The lowest BCUT2D eigenvalue weighted by Crippen LogP contribution is -2.29. The Balaban J connectivity index is 2.11. The minimum Gasteiger partial charge on any atom is -0.507 e. The van der Waals surface area contributed by atoms with Crippen LogP contribution in [0.5, 0.6) is 5.75 Å². The Kier molecular flexibility index (Phi) is 7.16. The summed E-state index contributed by atoms with van der Waals surface area (Å²) in [5.41, 5.74) is 3.76. The van der Waals surface area contributed by atoms with Gasteiger partial charge < -0.3 is 14.2 Å². The van der Waals surface area contributed by atoms with Gasteiger partial charge in [-0.3, -0.25) is 10.2 Å². The second-order valence-electron chi connectivity index (χ2n) is 11.5.